The molecule has 0 amide bonds. The number of nitrogens with one attached hydrogen (secondary N) is 2. The van der Waals surface area contributed by atoms with Crippen LogP contribution in [0.25, 0.3) is 22.3 Å². The first kappa shape index (κ1) is 24.6. The topological polar surface area (TPSA) is 121 Å². The van der Waals surface area contributed by atoms with Crippen LogP contribution in [0.3, 0.4) is 0 Å². The lowest BCUT2D eigenvalue weighted by atomic mass is 9.90. The largest absolute Gasteiger partial charge is 0.383 e. The van der Waals surface area contributed by atoms with Gasteiger partial charge in [-0.1, -0.05) is 18.2 Å². The van der Waals surface area contributed by atoms with E-state index in [-0.39, 0.29) is 5.56 Å². The number of fused-ring (bicyclic) bond motifs is 1. The number of piperazine rings is 1. The van der Waals surface area contributed by atoms with Crippen LogP contribution in [-0.4, -0.2) is 73.8 Å². The second-order valence-corrected chi connectivity index (χ2v) is 10.5. The first-order valence-electron chi connectivity index (χ1n) is 13.5. The van der Waals surface area contributed by atoms with Gasteiger partial charge in [-0.05, 0) is 50.9 Å². The molecule has 2 fully saturated rings. The van der Waals surface area contributed by atoms with E-state index in [0.717, 1.165) is 67.0 Å². The van der Waals surface area contributed by atoms with Crippen LogP contribution < -0.4 is 16.6 Å². The predicted octanol–water partition coefficient (Wildman–Crippen LogP) is 3.11. The van der Waals surface area contributed by atoms with Gasteiger partial charge >= 0.3 is 0 Å². The van der Waals surface area contributed by atoms with Gasteiger partial charge in [-0.25, -0.2) is 14.6 Å². The van der Waals surface area contributed by atoms with Crippen LogP contribution in [0.4, 0.5) is 11.5 Å². The molecule has 1 aliphatic heterocycles. The molecular formula is C28H35N9O. The molecule has 4 N–H and O–H groups in total. The number of rotatable bonds is 6. The van der Waals surface area contributed by atoms with E-state index in [2.05, 4.69) is 41.8 Å². The van der Waals surface area contributed by atoms with Crippen LogP contribution in [0.2, 0.25) is 0 Å². The Morgan fingerprint density at radius 2 is 1.74 bits per heavy atom. The van der Waals surface area contributed by atoms with Crippen molar-refractivity contribution in [2.24, 2.45) is 0 Å². The highest BCUT2D eigenvalue weighted by Gasteiger charge is 2.30. The SMILES string of the molecule is CN1CCN([C@H]2CC[C@H](n3nc(-c4ccc(NCc5ccc[nH]c5=O)cc4)c4c(N)ncnc43)CC2)CC1. The number of hydrogen-bond acceptors (Lipinski definition) is 8. The number of benzene rings is 1. The molecule has 6 rings (SSSR count). The van der Waals surface area contributed by atoms with Gasteiger partial charge in [0.1, 0.15) is 17.8 Å². The monoisotopic (exact) mass is 513 g/mol. The van der Waals surface area contributed by atoms with Crippen LogP contribution in [0.1, 0.15) is 37.3 Å². The van der Waals surface area contributed by atoms with E-state index in [4.69, 9.17) is 10.8 Å². The second kappa shape index (κ2) is 10.5. The van der Waals surface area contributed by atoms with E-state index in [1.807, 2.05) is 36.4 Å². The van der Waals surface area contributed by atoms with Crippen LogP contribution in [-0.2, 0) is 6.54 Å². The minimum absolute atomic E-state index is 0.0818. The van der Waals surface area contributed by atoms with Gasteiger partial charge in [0.05, 0.1) is 11.4 Å². The lowest BCUT2D eigenvalue weighted by Crippen LogP contribution is -2.49. The number of aromatic amines is 1. The molecule has 0 spiro atoms. The predicted molar refractivity (Wildman–Crippen MR) is 150 cm³/mol. The van der Waals surface area contributed by atoms with Crippen molar-refractivity contribution in [2.75, 3.05) is 44.3 Å². The van der Waals surface area contributed by atoms with Crippen molar-refractivity contribution in [3.63, 3.8) is 0 Å². The van der Waals surface area contributed by atoms with Gasteiger partial charge in [-0.3, -0.25) is 9.69 Å². The van der Waals surface area contributed by atoms with Gasteiger partial charge < -0.3 is 20.9 Å². The van der Waals surface area contributed by atoms with Gasteiger partial charge in [0, 0.05) is 61.8 Å². The van der Waals surface area contributed by atoms with Crippen LogP contribution in [0.5, 0.6) is 0 Å². The molecule has 198 valence electrons. The Balaban J connectivity index is 1.20. The molecule has 1 aliphatic carbocycles. The van der Waals surface area contributed by atoms with Crippen molar-refractivity contribution in [1.82, 2.24) is 34.5 Å². The maximum Gasteiger partial charge on any atom is 0.252 e. The van der Waals surface area contributed by atoms with E-state index < -0.39 is 0 Å². The Hall–Kier alpha value is -3.76. The van der Waals surface area contributed by atoms with Crippen molar-refractivity contribution in [3.05, 3.63) is 64.8 Å². The van der Waals surface area contributed by atoms with Gasteiger partial charge in [-0.2, -0.15) is 5.10 Å². The highest BCUT2D eigenvalue weighted by Crippen LogP contribution is 2.37. The molecule has 10 heteroatoms. The quantitative estimate of drug-likeness (QED) is 0.360. The Labute approximate surface area is 221 Å². The third-order valence-corrected chi connectivity index (χ3v) is 8.13. The molecule has 2 aliphatic rings. The minimum Gasteiger partial charge on any atom is -0.383 e. The first-order valence-corrected chi connectivity index (χ1v) is 13.5. The Morgan fingerprint density at radius 3 is 2.47 bits per heavy atom. The number of likely N-dealkylation sites (N-methyl/N-ethyl adjacent to an activating group) is 1. The molecule has 0 unspecified atom stereocenters. The third-order valence-electron chi connectivity index (χ3n) is 8.13. The van der Waals surface area contributed by atoms with Crippen molar-refractivity contribution in [3.8, 4) is 11.3 Å². The zero-order valence-electron chi connectivity index (χ0n) is 21.8. The Bertz CT molecular complexity index is 1450. The maximum atomic E-state index is 11.9. The van der Waals surface area contributed by atoms with Crippen molar-refractivity contribution in [2.45, 2.75) is 44.3 Å². The summed E-state index contributed by atoms with van der Waals surface area (Å²) in [7, 11) is 2.21. The first-order chi connectivity index (χ1) is 18.6. The normalized spacial score (nSPS) is 21.1. The lowest BCUT2D eigenvalue weighted by molar-refractivity contribution is 0.0815. The molecular weight excluding hydrogens is 478 g/mol. The van der Waals surface area contributed by atoms with E-state index in [9.17, 15) is 4.79 Å². The molecule has 0 atom stereocenters. The summed E-state index contributed by atoms with van der Waals surface area (Å²) < 4.78 is 2.09. The lowest BCUT2D eigenvalue weighted by Gasteiger charge is -2.41. The number of nitrogens with zero attached hydrogens (tertiary/aromatic N) is 6. The van der Waals surface area contributed by atoms with Gasteiger partial charge in [0.25, 0.3) is 5.56 Å². The molecule has 3 aromatic heterocycles. The number of pyridine rings is 1. The fourth-order valence-corrected chi connectivity index (χ4v) is 5.85. The molecule has 1 aromatic carbocycles. The molecule has 1 saturated carbocycles. The standard InChI is InChI=1S/C28H35N9O/c1-35-13-15-36(16-14-35)22-8-10-23(11-9-22)37-27-24(26(29)32-18-33-27)25(34-37)19-4-6-21(7-5-19)31-17-20-3-2-12-30-28(20)38/h2-7,12,18,22-23,31H,8-11,13-17H2,1H3,(H,30,38)(H2,29,32,33)/t22-,23-. The van der Waals surface area contributed by atoms with Crippen LogP contribution >= 0.6 is 0 Å². The summed E-state index contributed by atoms with van der Waals surface area (Å²) in [5.74, 6) is 0.452. The number of nitrogens with two attached hydrogens (primary N) is 1. The average Bonchev–Trinajstić information content (AvgIpc) is 3.34. The second-order valence-electron chi connectivity index (χ2n) is 10.5. The highest BCUT2D eigenvalue weighted by atomic mass is 16.1. The molecule has 1 saturated heterocycles. The summed E-state index contributed by atoms with van der Waals surface area (Å²) in [4.78, 5) is 28.6. The van der Waals surface area contributed by atoms with Gasteiger partial charge in [0.2, 0.25) is 0 Å². The Kier molecular flexibility index (Phi) is 6.82. The van der Waals surface area contributed by atoms with E-state index >= 15 is 0 Å². The molecule has 0 radical (unpaired) electrons. The number of anilines is 2. The van der Waals surface area contributed by atoms with E-state index in [1.54, 1.807) is 6.20 Å². The number of nitrogen functional groups attached to an aromatic ring is 1. The number of aromatic nitrogens is 5. The average molecular weight is 514 g/mol. The molecule has 10 nitrogen and oxygen atoms in total. The van der Waals surface area contributed by atoms with Crippen LogP contribution in [0.15, 0.2) is 53.7 Å². The van der Waals surface area contributed by atoms with Crippen molar-refractivity contribution in [1.29, 1.82) is 0 Å². The Morgan fingerprint density at radius 1 is 1.00 bits per heavy atom. The maximum absolute atomic E-state index is 11.9. The molecule has 4 aromatic rings. The molecule has 4 heterocycles. The third kappa shape index (κ3) is 4.89. The van der Waals surface area contributed by atoms with Crippen LogP contribution in [0, 0.1) is 0 Å². The zero-order chi connectivity index (χ0) is 26.1. The van der Waals surface area contributed by atoms with Gasteiger partial charge in [-0.15, -0.1) is 0 Å². The molecule has 38 heavy (non-hydrogen) atoms. The summed E-state index contributed by atoms with van der Waals surface area (Å²) in [5.41, 5.74) is 10.5. The van der Waals surface area contributed by atoms with E-state index in [1.165, 1.54) is 19.2 Å². The van der Waals surface area contributed by atoms with Gasteiger partial charge in [0.15, 0.2) is 5.65 Å². The van der Waals surface area contributed by atoms with Crippen molar-refractivity contribution >= 4 is 22.5 Å². The summed E-state index contributed by atoms with van der Waals surface area (Å²) in [5, 5.41) is 9.20. The number of hydrogen-bond donors (Lipinski definition) is 3. The fourth-order valence-electron chi connectivity index (χ4n) is 5.85. The fraction of sp³-hybridized carbons (Fsp3) is 0.429. The smallest absolute Gasteiger partial charge is 0.252 e. The number of H-pyrrole nitrogens is 1. The highest BCUT2D eigenvalue weighted by molar-refractivity contribution is 5.98. The summed E-state index contributed by atoms with van der Waals surface area (Å²) >= 11 is 0. The molecule has 0 bridgehead atoms. The summed E-state index contributed by atoms with van der Waals surface area (Å²) in [6.45, 7) is 5.09. The van der Waals surface area contributed by atoms with Crippen molar-refractivity contribution < 1.29 is 0 Å². The van der Waals surface area contributed by atoms with E-state index in [0.29, 0.717) is 30.0 Å². The summed E-state index contributed by atoms with van der Waals surface area (Å²) in [6.07, 6.45) is 7.69. The summed E-state index contributed by atoms with van der Waals surface area (Å²) in [6, 6.07) is 12.7. The zero-order valence-corrected chi connectivity index (χ0v) is 21.8. The minimum atomic E-state index is -0.0818.